The van der Waals surface area contributed by atoms with E-state index >= 15 is 0 Å². The molecule has 4 nitrogen and oxygen atoms in total. The standard InChI is InChI=1S/C29H31FN4/c1-2-3-19-33(20-22-7-5-4-6-8-22)21-26-13-14-27-32-28(23-9-11-25(30)12-10-23)29(34(26)27)24-15-17-31-18-16-24/h4-12,15-18,26H,2-3,13-14,19-21H2,1H3. The van der Waals surface area contributed by atoms with E-state index in [1.165, 1.54) is 30.5 Å². The van der Waals surface area contributed by atoms with Crippen LogP contribution in [-0.4, -0.2) is 32.5 Å². The Bertz CT molecular complexity index is 1200. The van der Waals surface area contributed by atoms with E-state index in [0.29, 0.717) is 6.04 Å². The number of pyridine rings is 1. The van der Waals surface area contributed by atoms with Crippen LogP contribution in [0.15, 0.2) is 79.1 Å². The van der Waals surface area contributed by atoms with Gasteiger partial charge in [0.05, 0.1) is 11.4 Å². The zero-order valence-electron chi connectivity index (χ0n) is 19.7. The quantitative estimate of drug-likeness (QED) is 0.288. The Labute approximate surface area is 201 Å². The number of imidazole rings is 1. The molecule has 1 unspecified atom stereocenters. The van der Waals surface area contributed by atoms with Crippen LogP contribution in [0.1, 0.15) is 43.6 Å². The van der Waals surface area contributed by atoms with Crippen LogP contribution in [0.5, 0.6) is 0 Å². The van der Waals surface area contributed by atoms with Crippen molar-refractivity contribution in [3.8, 4) is 22.5 Å². The third-order valence-electron chi connectivity index (χ3n) is 6.67. The molecule has 0 spiro atoms. The molecule has 3 heterocycles. The van der Waals surface area contributed by atoms with Gasteiger partial charge >= 0.3 is 0 Å². The fourth-order valence-corrected chi connectivity index (χ4v) is 5.00. The number of unbranched alkanes of at least 4 members (excludes halogenated alkanes) is 1. The van der Waals surface area contributed by atoms with Gasteiger partial charge in [-0.15, -0.1) is 0 Å². The lowest BCUT2D eigenvalue weighted by atomic mass is 10.0. The SMILES string of the molecule is CCCCN(Cc1ccccc1)CC1CCc2nc(-c3ccc(F)cc3)c(-c3ccncc3)n21. The number of hydrogen-bond donors (Lipinski definition) is 0. The fraction of sp³-hybridized carbons (Fsp3) is 0.310. The summed E-state index contributed by atoms with van der Waals surface area (Å²) in [5, 5.41) is 0. The van der Waals surface area contributed by atoms with Gasteiger partial charge in [-0.05, 0) is 61.3 Å². The van der Waals surface area contributed by atoms with Crippen LogP contribution in [0.4, 0.5) is 4.39 Å². The molecule has 34 heavy (non-hydrogen) atoms. The smallest absolute Gasteiger partial charge is 0.123 e. The van der Waals surface area contributed by atoms with Gasteiger partial charge in [0, 0.05) is 49.1 Å². The van der Waals surface area contributed by atoms with Crippen molar-refractivity contribution in [3.05, 3.63) is 96.3 Å². The summed E-state index contributed by atoms with van der Waals surface area (Å²) in [7, 11) is 0. The molecular formula is C29H31FN4. The molecule has 5 rings (SSSR count). The minimum Gasteiger partial charge on any atom is -0.323 e. The number of aryl methyl sites for hydroxylation is 1. The largest absolute Gasteiger partial charge is 0.323 e. The average molecular weight is 455 g/mol. The maximum Gasteiger partial charge on any atom is 0.123 e. The zero-order chi connectivity index (χ0) is 23.3. The molecule has 2 aromatic heterocycles. The first-order valence-electron chi connectivity index (χ1n) is 12.3. The predicted molar refractivity (Wildman–Crippen MR) is 135 cm³/mol. The van der Waals surface area contributed by atoms with E-state index in [4.69, 9.17) is 4.98 Å². The summed E-state index contributed by atoms with van der Waals surface area (Å²) in [5.74, 6) is 0.887. The summed E-state index contributed by atoms with van der Waals surface area (Å²) >= 11 is 0. The van der Waals surface area contributed by atoms with Gasteiger partial charge in [0.15, 0.2) is 0 Å². The van der Waals surface area contributed by atoms with Crippen molar-refractivity contribution >= 4 is 0 Å². The summed E-state index contributed by atoms with van der Waals surface area (Å²) in [4.78, 5) is 11.9. The van der Waals surface area contributed by atoms with E-state index in [1.54, 1.807) is 0 Å². The predicted octanol–water partition coefficient (Wildman–Crippen LogP) is 6.54. The Morgan fingerprint density at radius 1 is 0.971 bits per heavy atom. The first-order chi connectivity index (χ1) is 16.7. The fourth-order valence-electron chi connectivity index (χ4n) is 5.00. The van der Waals surface area contributed by atoms with Gasteiger partial charge in [-0.25, -0.2) is 9.37 Å². The Balaban J connectivity index is 1.51. The molecule has 1 aliphatic rings. The van der Waals surface area contributed by atoms with E-state index < -0.39 is 0 Å². The second kappa shape index (κ2) is 10.3. The summed E-state index contributed by atoms with van der Waals surface area (Å²) in [6.45, 7) is 5.28. The zero-order valence-corrected chi connectivity index (χ0v) is 19.7. The maximum atomic E-state index is 13.6. The Hall–Kier alpha value is -3.31. The molecule has 0 fully saturated rings. The third kappa shape index (κ3) is 4.80. The minimum absolute atomic E-state index is 0.230. The molecule has 174 valence electrons. The summed E-state index contributed by atoms with van der Waals surface area (Å²) in [6, 6.07) is 21.9. The van der Waals surface area contributed by atoms with Crippen LogP contribution in [0.3, 0.4) is 0 Å². The molecular weight excluding hydrogens is 423 g/mol. The molecule has 0 radical (unpaired) electrons. The molecule has 0 amide bonds. The number of benzene rings is 2. The average Bonchev–Trinajstić information content (AvgIpc) is 3.44. The van der Waals surface area contributed by atoms with Crippen LogP contribution in [0, 0.1) is 5.82 Å². The molecule has 5 heteroatoms. The van der Waals surface area contributed by atoms with Crippen LogP contribution in [-0.2, 0) is 13.0 Å². The lowest BCUT2D eigenvalue weighted by Crippen LogP contribution is -2.30. The number of fused-ring (bicyclic) bond motifs is 1. The number of nitrogens with zero attached hydrogens (tertiary/aromatic N) is 4. The van der Waals surface area contributed by atoms with E-state index in [1.807, 2.05) is 36.7 Å². The van der Waals surface area contributed by atoms with E-state index in [9.17, 15) is 4.39 Å². The summed E-state index contributed by atoms with van der Waals surface area (Å²) in [6.07, 6.45) is 8.07. The van der Waals surface area contributed by atoms with E-state index in [-0.39, 0.29) is 5.82 Å². The highest BCUT2D eigenvalue weighted by atomic mass is 19.1. The molecule has 0 N–H and O–H groups in total. The van der Waals surface area contributed by atoms with Crippen molar-refractivity contribution in [2.45, 2.75) is 45.2 Å². The Kier molecular flexibility index (Phi) is 6.82. The number of halogens is 1. The number of rotatable bonds is 9. The molecule has 4 aromatic rings. The van der Waals surface area contributed by atoms with Gasteiger partial charge in [0.25, 0.3) is 0 Å². The highest BCUT2D eigenvalue weighted by Gasteiger charge is 2.31. The van der Waals surface area contributed by atoms with Crippen molar-refractivity contribution in [1.29, 1.82) is 0 Å². The number of aromatic nitrogens is 3. The highest BCUT2D eigenvalue weighted by molar-refractivity contribution is 5.79. The summed E-state index contributed by atoms with van der Waals surface area (Å²) in [5.41, 5.74) is 5.43. The summed E-state index contributed by atoms with van der Waals surface area (Å²) < 4.78 is 16.1. The second-order valence-corrected chi connectivity index (χ2v) is 9.10. The van der Waals surface area contributed by atoms with Gasteiger partial charge < -0.3 is 4.57 Å². The van der Waals surface area contributed by atoms with Gasteiger partial charge in [-0.1, -0.05) is 43.7 Å². The minimum atomic E-state index is -0.230. The normalized spacial score (nSPS) is 15.1. The lowest BCUT2D eigenvalue weighted by molar-refractivity contribution is 0.223. The van der Waals surface area contributed by atoms with Gasteiger partial charge in [0.1, 0.15) is 11.6 Å². The van der Waals surface area contributed by atoms with Crippen LogP contribution in [0.2, 0.25) is 0 Å². The Morgan fingerprint density at radius 3 is 2.47 bits per heavy atom. The van der Waals surface area contributed by atoms with Gasteiger partial charge in [-0.3, -0.25) is 9.88 Å². The van der Waals surface area contributed by atoms with Crippen LogP contribution >= 0.6 is 0 Å². The molecule has 1 atom stereocenters. The van der Waals surface area contributed by atoms with E-state index in [2.05, 4.69) is 51.7 Å². The van der Waals surface area contributed by atoms with Crippen molar-refractivity contribution in [2.75, 3.05) is 13.1 Å². The van der Waals surface area contributed by atoms with Crippen LogP contribution < -0.4 is 0 Å². The Morgan fingerprint density at radius 2 is 1.74 bits per heavy atom. The third-order valence-corrected chi connectivity index (χ3v) is 6.67. The van der Waals surface area contributed by atoms with Crippen LogP contribution in [0.25, 0.3) is 22.5 Å². The monoisotopic (exact) mass is 454 g/mol. The van der Waals surface area contributed by atoms with Gasteiger partial charge in [-0.2, -0.15) is 0 Å². The molecule has 0 saturated heterocycles. The lowest BCUT2D eigenvalue weighted by Gasteiger charge is -2.27. The van der Waals surface area contributed by atoms with E-state index in [0.717, 1.165) is 60.8 Å². The highest BCUT2D eigenvalue weighted by Crippen LogP contribution is 2.40. The number of hydrogen-bond acceptors (Lipinski definition) is 3. The molecule has 2 aromatic carbocycles. The van der Waals surface area contributed by atoms with Crippen molar-refractivity contribution in [1.82, 2.24) is 19.4 Å². The molecule has 0 aliphatic carbocycles. The van der Waals surface area contributed by atoms with Gasteiger partial charge in [0.2, 0.25) is 0 Å². The topological polar surface area (TPSA) is 34.0 Å². The van der Waals surface area contributed by atoms with Crippen molar-refractivity contribution < 1.29 is 4.39 Å². The second-order valence-electron chi connectivity index (χ2n) is 9.10. The first-order valence-corrected chi connectivity index (χ1v) is 12.3. The van der Waals surface area contributed by atoms with Crippen molar-refractivity contribution in [2.24, 2.45) is 0 Å². The molecule has 0 bridgehead atoms. The molecule has 1 aliphatic heterocycles. The maximum absolute atomic E-state index is 13.6. The van der Waals surface area contributed by atoms with Crippen molar-refractivity contribution in [3.63, 3.8) is 0 Å². The molecule has 0 saturated carbocycles. The first kappa shape index (κ1) is 22.5.